The molecule has 0 spiro atoms. The quantitative estimate of drug-likeness (QED) is 0.849. The van der Waals surface area contributed by atoms with Crippen molar-refractivity contribution in [2.75, 3.05) is 5.75 Å². The number of Topliss-reactive ketones (excluding diaryl/α,β-unsaturated/α-hetero) is 1. The molecular weight excluding hydrogens is 305 g/mol. The van der Waals surface area contributed by atoms with Crippen LogP contribution in [-0.4, -0.2) is 22.6 Å². The van der Waals surface area contributed by atoms with Gasteiger partial charge in [0, 0.05) is 21.6 Å². The van der Waals surface area contributed by atoms with Crippen molar-refractivity contribution in [1.29, 1.82) is 0 Å². The molecule has 3 nitrogen and oxygen atoms in total. The first-order valence-electron chi connectivity index (χ1n) is 6.12. The summed E-state index contributed by atoms with van der Waals surface area (Å²) in [6.07, 6.45) is -4.89. The molecule has 1 aromatic rings. The van der Waals surface area contributed by atoms with E-state index < -0.39 is 40.0 Å². The van der Waals surface area contributed by atoms with Crippen molar-refractivity contribution in [2.45, 2.75) is 31.8 Å². The summed E-state index contributed by atoms with van der Waals surface area (Å²) in [6, 6.07) is 0.989. The number of rotatable bonds is 1. The average molecular weight is 318 g/mol. The minimum Gasteiger partial charge on any atom is -0.478 e. The molecule has 114 valence electrons. The Morgan fingerprint density at radius 3 is 2.43 bits per heavy atom. The summed E-state index contributed by atoms with van der Waals surface area (Å²) in [6.45, 7) is 4.65. The van der Waals surface area contributed by atoms with Gasteiger partial charge < -0.3 is 5.11 Å². The lowest BCUT2D eigenvalue weighted by molar-refractivity contribution is -0.138. The molecule has 0 unspecified atom stereocenters. The molecule has 0 fully saturated rings. The largest absolute Gasteiger partial charge is 0.478 e. The number of fused-ring (bicyclic) bond motifs is 1. The number of alkyl halides is 3. The van der Waals surface area contributed by atoms with E-state index in [1.165, 1.54) is 6.92 Å². The van der Waals surface area contributed by atoms with E-state index in [1.54, 1.807) is 13.8 Å². The van der Waals surface area contributed by atoms with Crippen molar-refractivity contribution in [3.8, 4) is 0 Å². The van der Waals surface area contributed by atoms with Crippen LogP contribution in [-0.2, 0) is 6.18 Å². The first-order chi connectivity index (χ1) is 9.47. The molecule has 2 rings (SSSR count). The van der Waals surface area contributed by atoms with E-state index in [-0.39, 0.29) is 4.90 Å². The minimum absolute atomic E-state index is 0.233. The van der Waals surface area contributed by atoms with Crippen LogP contribution >= 0.6 is 11.8 Å². The topological polar surface area (TPSA) is 54.4 Å². The van der Waals surface area contributed by atoms with Crippen LogP contribution in [0.2, 0.25) is 0 Å². The van der Waals surface area contributed by atoms with Crippen molar-refractivity contribution in [3.05, 3.63) is 28.3 Å². The zero-order chi connectivity index (χ0) is 16.2. The van der Waals surface area contributed by atoms with Gasteiger partial charge in [-0.3, -0.25) is 4.79 Å². The number of halogens is 3. The molecule has 0 saturated carbocycles. The minimum atomic E-state index is -4.89. The summed E-state index contributed by atoms with van der Waals surface area (Å²) in [7, 11) is 0. The number of benzene rings is 1. The number of ketones is 1. The van der Waals surface area contributed by atoms with E-state index in [1.807, 2.05) is 0 Å². The molecule has 0 radical (unpaired) electrons. The number of thioether (sulfide) groups is 1. The number of carbonyl (C=O) groups is 2. The first-order valence-corrected chi connectivity index (χ1v) is 7.11. The van der Waals surface area contributed by atoms with Gasteiger partial charge in [-0.1, -0.05) is 13.8 Å². The highest BCUT2D eigenvalue weighted by Crippen LogP contribution is 2.47. The Hall–Kier alpha value is -1.50. The van der Waals surface area contributed by atoms with Crippen molar-refractivity contribution in [2.24, 2.45) is 5.41 Å². The van der Waals surface area contributed by atoms with E-state index in [4.69, 9.17) is 5.11 Å². The molecular formula is C14H13F3O3S. The monoisotopic (exact) mass is 318 g/mol. The number of carboxylic acid groups (broad SMARTS) is 1. The Morgan fingerprint density at radius 1 is 1.38 bits per heavy atom. The summed E-state index contributed by atoms with van der Waals surface area (Å²) in [5.74, 6) is -1.98. The van der Waals surface area contributed by atoms with E-state index in [0.717, 1.165) is 17.8 Å². The van der Waals surface area contributed by atoms with E-state index in [2.05, 4.69) is 0 Å². The summed E-state index contributed by atoms with van der Waals surface area (Å²) in [5.41, 5.74) is -3.28. The fourth-order valence-electron chi connectivity index (χ4n) is 2.32. The van der Waals surface area contributed by atoms with Gasteiger partial charge in [-0.25, -0.2) is 4.79 Å². The molecule has 1 aliphatic rings. The molecule has 0 aliphatic carbocycles. The van der Waals surface area contributed by atoms with Crippen LogP contribution in [0.3, 0.4) is 0 Å². The number of hydrogen-bond acceptors (Lipinski definition) is 3. The maximum atomic E-state index is 13.3. The standard InChI is InChI=1S/C14H13F3O3S/c1-6-4-7(12(19)20)9(14(15,16)17)8-10(6)21-5-13(2,3)11(8)18/h4H,5H2,1-3H3,(H,19,20). The van der Waals surface area contributed by atoms with E-state index in [0.29, 0.717) is 11.3 Å². The zero-order valence-corrected chi connectivity index (χ0v) is 12.4. The van der Waals surface area contributed by atoms with Crippen LogP contribution in [0, 0.1) is 12.3 Å². The number of carboxylic acids is 1. The third-order valence-electron chi connectivity index (χ3n) is 3.40. The second-order valence-electron chi connectivity index (χ2n) is 5.62. The predicted molar refractivity (Wildman–Crippen MR) is 72.0 cm³/mol. The lowest BCUT2D eigenvalue weighted by Gasteiger charge is -2.32. The second-order valence-corrected chi connectivity index (χ2v) is 6.61. The third kappa shape index (κ3) is 2.54. The van der Waals surface area contributed by atoms with E-state index >= 15 is 0 Å². The summed E-state index contributed by atoms with van der Waals surface area (Å²) >= 11 is 1.16. The Balaban J connectivity index is 2.91. The van der Waals surface area contributed by atoms with Gasteiger partial charge in [0.05, 0.1) is 11.1 Å². The maximum absolute atomic E-state index is 13.3. The Morgan fingerprint density at radius 2 is 1.95 bits per heavy atom. The highest BCUT2D eigenvalue weighted by molar-refractivity contribution is 7.99. The fourth-order valence-corrected chi connectivity index (χ4v) is 3.58. The molecule has 0 saturated heterocycles. The van der Waals surface area contributed by atoms with Crippen LogP contribution in [0.1, 0.15) is 45.7 Å². The molecule has 0 amide bonds. The summed E-state index contributed by atoms with van der Waals surface area (Å²) < 4.78 is 40.0. The number of carbonyl (C=O) groups excluding carboxylic acids is 1. The van der Waals surface area contributed by atoms with Gasteiger partial charge in [-0.05, 0) is 18.6 Å². The number of aromatic carboxylic acids is 1. The van der Waals surface area contributed by atoms with Crippen LogP contribution < -0.4 is 0 Å². The van der Waals surface area contributed by atoms with Gasteiger partial charge in [0.25, 0.3) is 0 Å². The zero-order valence-electron chi connectivity index (χ0n) is 11.6. The van der Waals surface area contributed by atoms with Crippen molar-refractivity contribution < 1.29 is 27.9 Å². The average Bonchev–Trinajstić information content (AvgIpc) is 2.32. The van der Waals surface area contributed by atoms with Gasteiger partial charge in [0.1, 0.15) is 0 Å². The summed E-state index contributed by atoms with van der Waals surface area (Å²) in [5, 5.41) is 9.05. The molecule has 0 aromatic heterocycles. The van der Waals surface area contributed by atoms with Crippen molar-refractivity contribution in [1.82, 2.24) is 0 Å². The van der Waals surface area contributed by atoms with Gasteiger partial charge in [-0.2, -0.15) is 13.2 Å². The molecule has 1 heterocycles. The van der Waals surface area contributed by atoms with Crippen LogP contribution in [0.5, 0.6) is 0 Å². The molecule has 21 heavy (non-hydrogen) atoms. The lowest BCUT2D eigenvalue weighted by atomic mass is 9.82. The molecule has 1 aromatic carbocycles. The first kappa shape index (κ1) is 15.9. The Kier molecular flexibility index (Phi) is 3.60. The number of aryl methyl sites for hydroxylation is 1. The lowest BCUT2D eigenvalue weighted by Crippen LogP contribution is -2.34. The predicted octanol–water partition coefficient (Wildman–Crippen LogP) is 4.03. The molecule has 1 N–H and O–H groups in total. The molecule has 0 atom stereocenters. The van der Waals surface area contributed by atoms with Gasteiger partial charge in [-0.15, -0.1) is 11.8 Å². The van der Waals surface area contributed by atoms with Crippen LogP contribution in [0.4, 0.5) is 13.2 Å². The van der Waals surface area contributed by atoms with Gasteiger partial charge in [0.15, 0.2) is 5.78 Å². The van der Waals surface area contributed by atoms with Crippen molar-refractivity contribution in [3.63, 3.8) is 0 Å². The van der Waals surface area contributed by atoms with Crippen LogP contribution in [0.25, 0.3) is 0 Å². The Labute approximate surface area is 123 Å². The second kappa shape index (κ2) is 4.76. The fraction of sp³-hybridized carbons (Fsp3) is 0.429. The van der Waals surface area contributed by atoms with Gasteiger partial charge in [0.2, 0.25) is 0 Å². The van der Waals surface area contributed by atoms with Crippen molar-refractivity contribution >= 4 is 23.5 Å². The number of hydrogen-bond donors (Lipinski definition) is 1. The Bertz CT molecular complexity index is 648. The maximum Gasteiger partial charge on any atom is 0.417 e. The molecule has 7 heteroatoms. The van der Waals surface area contributed by atoms with E-state index in [9.17, 15) is 22.8 Å². The highest BCUT2D eigenvalue weighted by Gasteiger charge is 2.46. The molecule has 0 bridgehead atoms. The SMILES string of the molecule is Cc1cc(C(=O)O)c(C(F)(F)F)c2c1SCC(C)(C)C2=O. The van der Waals surface area contributed by atoms with Gasteiger partial charge >= 0.3 is 12.1 Å². The van der Waals surface area contributed by atoms with Crippen LogP contribution in [0.15, 0.2) is 11.0 Å². The molecule has 1 aliphatic heterocycles. The third-order valence-corrected chi connectivity index (χ3v) is 5.08. The smallest absolute Gasteiger partial charge is 0.417 e. The highest BCUT2D eigenvalue weighted by atomic mass is 32.2. The normalized spacial score (nSPS) is 17.5. The summed E-state index contributed by atoms with van der Waals surface area (Å²) in [4.78, 5) is 23.8.